The number of carbonyl (C=O) groups is 1. The van der Waals surface area contributed by atoms with E-state index in [-0.39, 0.29) is 4.69 Å². The van der Waals surface area contributed by atoms with Gasteiger partial charge in [0.15, 0.2) is 24.8 Å². The van der Waals surface area contributed by atoms with Gasteiger partial charge in [-0.15, -0.1) is 5.10 Å². The molecule has 0 saturated heterocycles. The van der Waals surface area contributed by atoms with E-state index in [0.29, 0.717) is 24.6 Å². The predicted octanol–water partition coefficient (Wildman–Crippen LogP) is 0.729. The summed E-state index contributed by atoms with van der Waals surface area (Å²) >= 11 is 2.92. The number of fused-ring (bicyclic) bond motifs is 1. The number of halogens is 1. The highest BCUT2D eigenvalue weighted by atomic mass is 79.9. The van der Waals surface area contributed by atoms with E-state index in [2.05, 4.69) is 31.1 Å². The third-order valence-corrected chi connectivity index (χ3v) is 3.35. The molecule has 0 radical (unpaired) electrons. The van der Waals surface area contributed by atoms with Crippen LogP contribution in [-0.4, -0.2) is 29.1 Å². The first-order chi connectivity index (χ1) is 9.63. The average molecular weight is 336 g/mol. The molecule has 0 atom stereocenters. The van der Waals surface area contributed by atoms with Crippen LogP contribution < -0.4 is 4.57 Å². The molecule has 20 heavy (non-hydrogen) atoms. The Morgan fingerprint density at radius 2 is 2.15 bits per heavy atom. The summed E-state index contributed by atoms with van der Waals surface area (Å²) in [5.74, 6) is 1.35. The first-order valence-electron chi connectivity index (χ1n) is 6.05. The van der Waals surface area contributed by atoms with Crippen LogP contribution in [0.3, 0.4) is 0 Å². The highest BCUT2D eigenvalue weighted by Gasteiger charge is 2.11. The van der Waals surface area contributed by atoms with E-state index in [9.17, 15) is 4.79 Å². The number of hydrogen-bond donors (Lipinski definition) is 0. The van der Waals surface area contributed by atoms with E-state index < -0.39 is 0 Å². The van der Waals surface area contributed by atoms with Crippen LogP contribution in [0.1, 0.15) is 6.42 Å². The Kier molecular flexibility index (Phi) is 3.31. The van der Waals surface area contributed by atoms with Gasteiger partial charge in [-0.1, -0.05) is 0 Å². The fourth-order valence-corrected chi connectivity index (χ4v) is 2.06. The van der Waals surface area contributed by atoms with Gasteiger partial charge in [0.1, 0.15) is 6.33 Å². The Balaban J connectivity index is 1.84. The second-order valence-corrected chi connectivity index (χ2v) is 5.25. The highest BCUT2D eigenvalue weighted by Crippen LogP contribution is 2.13. The van der Waals surface area contributed by atoms with Crippen LogP contribution in [0.5, 0.6) is 0 Å². The molecular weight excluding hydrogens is 324 g/mol. The van der Waals surface area contributed by atoms with Crippen molar-refractivity contribution in [2.24, 2.45) is 7.05 Å². The minimum Gasteiger partial charge on any atom is -0.286 e. The average Bonchev–Trinajstić information content (AvgIpc) is 3.00. The van der Waals surface area contributed by atoms with Gasteiger partial charge in [0.2, 0.25) is 4.69 Å². The number of pyridine rings is 1. The van der Waals surface area contributed by atoms with Crippen LogP contribution in [0.15, 0.2) is 30.9 Å². The molecule has 3 aromatic rings. The molecule has 0 aliphatic carbocycles. The van der Waals surface area contributed by atoms with Crippen molar-refractivity contribution in [3.05, 3.63) is 30.9 Å². The predicted molar refractivity (Wildman–Crippen MR) is 73.9 cm³/mol. The summed E-state index contributed by atoms with van der Waals surface area (Å²) in [7, 11) is 1.82. The van der Waals surface area contributed by atoms with Gasteiger partial charge in [-0.2, -0.15) is 14.6 Å². The van der Waals surface area contributed by atoms with Crippen molar-refractivity contribution >= 4 is 26.4 Å². The SMILES string of the molecule is Cn1ncn2nc(-c3cc[n+](CCC(=O)Br)cc3)nc12. The Bertz CT molecular complexity index is 760. The van der Waals surface area contributed by atoms with Gasteiger partial charge < -0.3 is 0 Å². The second-order valence-electron chi connectivity index (χ2n) is 4.36. The van der Waals surface area contributed by atoms with Crippen molar-refractivity contribution in [2.75, 3.05) is 0 Å². The minimum atomic E-state index is 0.00333. The van der Waals surface area contributed by atoms with Crippen LogP contribution in [-0.2, 0) is 18.4 Å². The molecule has 102 valence electrons. The van der Waals surface area contributed by atoms with Gasteiger partial charge in [-0.25, -0.2) is 9.25 Å². The molecule has 0 bridgehead atoms. The molecule has 0 unspecified atom stereocenters. The number of aryl methyl sites for hydroxylation is 2. The fraction of sp³-hybridized carbons (Fsp3) is 0.250. The largest absolute Gasteiger partial charge is 0.286 e. The molecule has 0 fully saturated rings. The van der Waals surface area contributed by atoms with Gasteiger partial charge in [-0.05, 0) is 15.9 Å². The normalized spacial score (nSPS) is 11.1. The molecule has 0 aliphatic heterocycles. The van der Waals surface area contributed by atoms with Crippen LogP contribution in [0.2, 0.25) is 0 Å². The summed E-state index contributed by atoms with van der Waals surface area (Å²) in [5, 5.41) is 8.42. The molecule has 8 heteroatoms. The topological polar surface area (TPSA) is 69.0 Å². The Morgan fingerprint density at radius 3 is 2.80 bits per heavy atom. The van der Waals surface area contributed by atoms with Crippen LogP contribution in [0, 0.1) is 0 Å². The van der Waals surface area contributed by atoms with Crippen molar-refractivity contribution in [1.82, 2.24) is 24.4 Å². The molecule has 0 spiro atoms. The number of aromatic nitrogens is 6. The first-order valence-corrected chi connectivity index (χ1v) is 6.85. The third-order valence-electron chi connectivity index (χ3n) is 2.95. The Labute approximate surface area is 123 Å². The Morgan fingerprint density at radius 1 is 1.40 bits per heavy atom. The lowest BCUT2D eigenvalue weighted by Gasteiger charge is -1.96. The van der Waals surface area contributed by atoms with E-state index in [4.69, 9.17) is 0 Å². The third kappa shape index (κ3) is 2.46. The maximum atomic E-state index is 10.9. The van der Waals surface area contributed by atoms with Crippen molar-refractivity contribution < 1.29 is 9.36 Å². The number of rotatable bonds is 4. The van der Waals surface area contributed by atoms with E-state index >= 15 is 0 Å². The second kappa shape index (κ2) is 5.12. The Hall–Kier alpha value is -2.09. The lowest BCUT2D eigenvalue weighted by molar-refractivity contribution is -0.695. The number of carbonyl (C=O) groups excluding carboxylic acids is 1. The maximum absolute atomic E-state index is 10.9. The maximum Gasteiger partial charge on any atom is 0.250 e. The quantitative estimate of drug-likeness (QED) is 0.520. The molecule has 0 aromatic carbocycles. The van der Waals surface area contributed by atoms with Crippen molar-refractivity contribution in [2.45, 2.75) is 13.0 Å². The van der Waals surface area contributed by atoms with Crippen molar-refractivity contribution in [1.29, 1.82) is 0 Å². The molecule has 3 rings (SSSR count). The van der Waals surface area contributed by atoms with Gasteiger partial charge in [-0.3, -0.25) is 4.79 Å². The summed E-state index contributed by atoms with van der Waals surface area (Å²) in [6.07, 6.45) is 5.91. The van der Waals surface area contributed by atoms with Crippen molar-refractivity contribution in [3.63, 3.8) is 0 Å². The standard InChI is InChI=1S/C12H12BrN6O/c1-17-12-15-11(16-19(12)8-14-17)9-2-5-18(6-3-9)7-4-10(13)20/h2-3,5-6,8H,4,7H2,1H3/q+1. The zero-order valence-corrected chi connectivity index (χ0v) is 12.4. The van der Waals surface area contributed by atoms with Crippen molar-refractivity contribution in [3.8, 4) is 11.4 Å². The lowest BCUT2D eigenvalue weighted by atomic mass is 10.2. The van der Waals surface area contributed by atoms with E-state index in [0.717, 1.165) is 5.56 Å². The summed E-state index contributed by atoms with van der Waals surface area (Å²) in [6.45, 7) is 0.646. The molecule has 0 amide bonds. The first kappa shape index (κ1) is 12.9. The molecule has 0 saturated carbocycles. The van der Waals surface area contributed by atoms with E-state index in [1.165, 1.54) is 0 Å². The summed E-state index contributed by atoms with van der Waals surface area (Å²) in [5.41, 5.74) is 0.926. The molecule has 3 heterocycles. The summed E-state index contributed by atoms with van der Waals surface area (Å²) in [4.78, 5) is 15.3. The summed E-state index contributed by atoms with van der Waals surface area (Å²) < 4.78 is 5.25. The zero-order valence-electron chi connectivity index (χ0n) is 10.8. The van der Waals surface area contributed by atoms with Crippen LogP contribution in [0.4, 0.5) is 0 Å². The van der Waals surface area contributed by atoms with Gasteiger partial charge in [0.25, 0.3) is 5.78 Å². The van der Waals surface area contributed by atoms with E-state index in [1.807, 2.05) is 36.1 Å². The smallest absolute Gasteiger partial charge is 0.250 e. The number of hydrogen-bond acceptors (Lipinski definition) is 4. The number of nitrogens with zero attached hydrogens (tertiary/aromatic N) is 6. The van der Waals surface area contributed by atoms with Gasteiger partial charge in [0.05, 0.1) is 6.42 Å². The monoisotopic (exact) mass is 335 g/mol. The molecule has 3 aromatic heterocycles. The van der Waals surface area contributed by atoms with E-state index in [1.54, 1.807) is 15.5 Å². The van der Waals surface area contributed by atoms with Crippen LogP contribution >= 0.6 is 15.9 Å². The lowest BCUT2D eigenvalue weighted by Crippen LogP contribution is -2.33. The zero-order chi connectivity index (χ0) is 14.1. The molecular formula is C12H12BrN6O+. The summed E-state index contributed by atoms with van der Waals surface area (Å²) in [6, 6.07) is 3.86. The fourth-order valence-electron chi connectivity index (χ4n) is 1.89. The van der Waals surface area contributed by atoms with Crippen LogP contribution in [0.25, 0.3) is 17.2 Å². The van der Waals surface area contributed by atoms with Gasteiger partial charge >= 0.3 is 0 Å². The minimum absolute atomic E-state index is 0.00333. The highest BCUT2D eigenvalue weighted by molar-refractivity contribution is 9.18. The molecule has 7 nitrogen and oxygen atoms in total. The molecule has 0 aliphatic rings. The van der Waals surface area contributed by atoms with Gasteiger partial charge in [0, 0.05) is 24.7 Å². The molecule has 0 N–H and O–H groups in total.